The summed E-state index contributed by atoms with van der Waals surface area (Å²) in [5.74, 6) is -1.16. The van der Waals surface area contributed by atoms with E-state index in [1.165, 1.54) is 11.0 Å². The lowest BCUT2D eigenvalue weighted by atomic mass is 9.81. The van der Waals surface area contributed by atoms with Crippen molar-refractivity contribution in [3.8, 4) is 0 Å². The number of rotatable bonds is 5. The molecule has 1 aliphatic heterocycles. The van der Waals surface area contributed by atoms with Gasteiger partial charge in [0.05, 0.1) is 11.8 Å². The number of hydrogen-bond acceptors (Lipinski definition) is 3. The van der Waals surface area contributed by atoms with Crippen LogP contribution in [0.25, 0.3) is 0 Å². The number of carbonyl (C=O) groups excluding carboxylic acids is 3. The van der Waals surface area contributed by atoms with Gasteiger partial charge in [-0.1, -0.05) is 25.0 Å². The van der Waals surface area contributed by atoms with Crippen molar-refractivity contribution in [3.63, 3.8) is 0 Å². The second kappa shape index (κ2) is 7.33. The zero-order valence-electron chi connectivity index (χ0n) is 14.4. The van der Waals surface area contributed by atoms with E-state index >= 15 is 0 Å². The maximum absolute atomic E-state index is 13.5. The Balaban J connectivity index is 1.49. The highest BCUT2D eigenvalue weighted by atomic mass is 19.1. The van der Waals surface area contributed by atoms with Gasteiger partial charge in [-0.2, -0.15) is 0 Å². The first-order valence-corrected chi connectivity index (χ1v) is 8.84. The van der Waals surface area contributed by atoms with E-state index in [0.29, 0.717) is 11.1 Å². The summed E-state index contributed by atoms with van der Waals surface area (Å²) in [5, 5.41) is 2.71. The Labute approximate surface area is 146 Å². The minimum Gasteiger partial charge on any atom is -0.352 e. The molecule has 134 valence electrons. The molecule has 1 saturated heterocycles. The van der Waals surface area contributed by atoms with E-state index < -0.39 is 0 Å². The molecule has 5 nitrogen and oxygen atoms in total. The third kappa shape index (κ3) is 3.72. The quantitative estimate of drug-likeness (QED) is 0.832. The van der Waals surface area contributed by atoms with Crippen LogP contribution in [0.1, 0.15) is 43.2 Å². The predicted octanol–water partition coefficient (Wildman–Crippen LogP) is 2.32. The van der Waals surface area contributed by atoms with Gasteiger partial charge >= 0.3 is 0 Å². The van der Waals surface area contributed by atoms with Gasteiger partial charge in [0.25, 0.3) is 0 Å². The number of likely N-dealkylation sites (tertiary alicyclic amines) is 1. The van der Waals surface area contributed by atoms with E-state index in [4.69, 9.17) is 0 Å². The summed E-state index contributed by atoms with van der Waals surface area (Å²) in [5.41, 5.74) is 1.23. The molecule has 0 aromatic heterocycles. The zero-order chi connectivity index (χ0) is 18.0. The van der Waals surface area contributed by atoms with Gasteiger partial charge in [-0.05, 0) is 37.0 Å². The fraction of sp³-hybridized carbons (Fsp3) is 0.526. The molecule has 1 heterocycles. The molecule has 1 aliphatic carbocycles. The molecule has 2 aliphatic rings. The van der Waals surface area contributed by atoms with Crippen LogP contribution in [0.5, 0.6) is 0 Å². The minimum atomic E-state index is -0.303. The van der Waals surface area contributed by atoms with Gasteiger partial charge in [-0.15, -0.1) is 0 Å². The third-order valence-electron chi connectivity index (χ3n) is 5.22. The molecule has 1 aromatic carbocycles. The number of imide groups is 1. The van der Waals surface area contributed by atoms with Crippen molar-refractivity contribution >= 4 is 17.7 Å². The minimum absolute atomic E-state index is 0.0747. The van der Waals surface area contributed by atoms with Crippen molar-refractivity contribution in [2.45, 2.75) is 45.6 Å². The number of nitrogens with one attached hydrogen (secondary N) is 1. The molecule has 1 saturated carbocycles. The summed E-state index contributed by atoms with van der Waals surface area (Å²) in [6.45, 7) is 2.03. The summed E-state index contributed by atoms with van der Waals surface area (Å²) < 4.78 is 13.5. The fourth-order valence-electron chi connectivity index (χ4n) is 3.70. The Morgan fingerprint density at radius 3 is 2.44 bits per heavy atom. The van der Waals surface area contributed by atoms with Crippen molar-refractivity contribution in [2.75, 3.05) is 6.54 Å². The second-order valence-corrected chi connectivity index (χ2v) is 6.94. The maximum Gasteiger partial charge on any atom is 0.233 e. The number of amides is 3. The average molecular weight is 346 g/mol. The molecule has 0 spiro atoms. The lowest BCUT2D eigenvalue weighted by molar-refractivity contribution is -0.140. The van der Waals surface area contributed by atoms with Crippen molar-refractivity contribution in [1.29, 1.82) is 0 Å². The van der Waals surface area contributed by atoms with Gasteiger partial charge in [0, 0.05) is 19.5 Å². The molecule has 1 aromatic rings. The predicted molar refractivity (Wildman–Crippen MR) is 89.8 cm³/mol. The molecule has 2 fully saturated rings. The molecule has 2 atom stereocenters. The highest BCUT2D eigenvalue weighted by Gasteiger charge is 2.47. The summed E-state index contributed by atoms with van der Waals surface area (Å²) in [6.07, 6.45) is 3.60. The number of benzene rings is 1. The van der Waals surface area contributed by atoms with E-state index in [0.717, 1.165) is 25.7 Å². The summed E-state index contributed by atoms with van der Waals surface area (Å²) in [4.78, 5) is 37.9. The SMILES string of the molecule is Cc1ccc(CNC(=O)CCN2C(=O)[C@@H]3CCCC[C@H]3C2=O)cc1F. The summed E-state index contributed by atoms with van der Waals surface area (Å²) >= 11 is 0. The van der Waals surface area contributed by atoms with Gasteiger partial charge < -0.3 is 5.32 Å². The molecule has 1 N–H and O–H groups in total. The first kappa shape index (κ1) is 17.6. The van der Waals surface area contributed by atoms with Gasteiger partial charge in [0.1, 0.15) is 5.82 Å². The van der Waals surface area contributed by atoms with Crippen molar-refractivity contribution < 1.29 is 18.8 Å². The van der Waals surface area contributed by atoms with Crippen molar-refractivity contribution in [1.82, 2.24) is 10.2 Å². The Morgan fingerprint density at radius 2 is 1.84 bits per heavy atom. The molecular formula is C19H23FN2O3. The molecule has 25 heavy (non-hydrogen) atoms. The third-order valence-corrected chi connectivity index (χ3v) is 5.22. The van der Waals surface area contributed by atoms with Gasteiger partial charge in [0.2, 0.25) is 17.7 Å². The Hall–Kier alpha value is -2.24. The van der Waals surface area contributed by atoms with Crippen LogP contribution in [0.3, 0.4) is 0 Å². The van der Waals surface area contributed by atoms with E-state index in [9.17, 15) is 18.8 Å². The number of fused-ring (bicyclic) bond motifs is 1. The summed E-state index contributed by atoms with van der Waals surface area (Å²) in [7, 11) is 0. The van der Waals surface area contributed by atoms with Crippen LogP contribution in [0.2, 0.25) is 0 Å². The van der Waals surface area contributed by atoms with Crippen LogP contribution in [0.4, 0.5) is 4.39 Å². The zero-order valence-corrected chi connectivity index (χ0v) is 14.4. The lowest BCUT2D eigenvalue weighted by Crippen LogP contribution is -2.35. The normalized spacial score (nSPS) is 22.9. The topological polar surface area (TPSA) is 66.5 Å². The van der Waals surface area contributed by atoms with Crippen molar-refractivity contribution in [3.05, 3.63) is 35.1 Å². The van der Waals surface area contributed by atoms with Crippen molar-refractivity contribution in [2.24, 2.45) is 11.8 Å². The van der Waals surface area contributed by atoms with Crippen LogP contribution in [0, 0.1) is 24.6 Å². The van der Waals surface area contributed by atoms with E-state index in [-0.39, 0.29) is 54.9 Å². The highest BCUT2D eigenvalue weighted by Crippen LogP contribution is 2.37. The van der Waals surface area contributed by atoms with Crippen LogP contribution in [-0.2, 0) is 20.9 Å². The average Bonchev–Trinajstić information content (AvgIpc) is 2.85. The maximum atomic E-state index is 13.5. The Kier molecular flexibility index (Phi) is 5.16. The molecular weight excluding hydrogens is 323 g/mol. The number of aryl methyl sites for hydroxylation is 1. The molecule has 3 amide bonds. The second-order valence-electron chi connectivity index (χ2n) is 6.94. The molecule has 3 rings (SSSR count). The summed E-state index contributed by atoms with van der Waals surface area (Å²) in [6, 6.07) is 4.82. The van der Waals surface area contributed by atoms with Gasteiger partial charge in [-0.3, -0.25) is 19.3 Å². The highest BCUT2D eigenvalue weighted by molar-refractivity contribution is 6.05. The fourth-order valence-corrected chi connectivity index (χ4v) is 3.70. The van der Waals surface area contributed by atoms with Crippen LogP contribution < -0.4 is 5.32 Å². The smallest absolute Gasteiger partial charge is 0.233 e. The monoisotopic (exact) mass is 346 g/mol. The molecule has 0 unspecified atom stereocenters. The van der Waals surface area contributed by atoms with E-state index in [2.05, 4.69) is 5.32 Å². The number of nitrogens with zero attached hydrogens (tertiary/aromatic N) is 1. The van der Waals surface area contributed by atoms with E-state index in [1.54, 1.807) is 19.1 Å². The standard InChI is InChI=1S/C19H23FN2O3/c1-12-6-7-13(10-16(12)20)11-21-17(23)8-9-22-18(24)14-4-2-3-5-15(14)19(22)25/h6-7,10,14-15H,2-5,8-9,11H2,1H3,(H,21,23)/t14-,15-/m1/s1. The molecule has 0 bridgehead atoms. The number of hydrogen-bond donors (Lipinski definition) is 1. The molecule has 6 heteroatoms. The number of carbonyl (C=O) groups is 3. The van der Waals surface area contributed by atoms with Crippen LogP contribution in [0.15, 0.2) is 18.2 Å². The van der Waals surface area contributed by atoms with Crippen LogP contribution >= 0.6 is 0 Å². The molecule has 0 radical (unpaired) electrons. The number of halogens is 1. The Morgan fingerprint density at radius 1 is 1.20 bits per heavy atom. The first-order valence-electron chi connectivity index (χ1n) is 8.84. The first-order chi connectivity index (χ1) is 12.0. The van der Waals surface area contributed by atoms with Gasteiger partial charge in [-0.25, -0.2) is 4.39 Å². The van der Waals surface area contributed by atoms with Crippen LogP contribution in [-0.4, -0.2) is 29.2 Å². The van der Waals surface area contributed by atoms with Gasteiger partial charge in [0.15, 0.2) is 0 Å². The Bertz CT molecular complexity index is 680. The lowest BCUT2D eigenvalue weighted by Gasteiger charge is -2.19. The largest absolute Gasteiger partial charge is 0.352 e. The van der Waals surface area contributed by atoms with E-state index in [1.807, 2.05) is 0 Å².